The van der Waals surface area contributed by atoms with E-state index in [-0.39, 0.29) is 47.0 Å². The Morgan fingerprint density at radius 3 is 1.19 bits per heavy atom. The number of fused-ring (bicyclic) bond motifs is 3. The highest BCUT2D eigenvalue weighted by atomic mass is 16.5. The number of ether oxygens (including phenoxy) is 2. The quantitative estimate of drug-likeness (QED) is 0.102. The minimum absolute atomic E-state index is 0.259. The Morgan fingerprint density at radius 2 is 0.899 bits per heavy atom. The first kappa shape index (κ1) is 52.2. The highest BCUT2D eigenvalue weighted by Gasteiger charge is 2.39. The van der Waals surface area contributed by atoms with Gasteiger partial charge in [-0.3, -0.25) is 46.6 Å². The van der Waals surface area contributed by atoms with Crippen LogP contribution in [0.2, 0.25) is 0 Å². The van der Waals surface area contributed by atoms with Crippen molar-refractivity contribution in [3.8, 4) is 0 Å². The summed E-state index contributed by atoms with van der Waals surface area (Å²) in [7, 11) is 10.0. The zero-order valence-corrected chi connectivity index (χ0v) is 41.0. The smallest absolute Gasteiger partial charge is 0.332 e. The summed E-state index contributed by atoms with van der Waals surface area (Å²) in [5.41, 5.74) is -0.467. The average molecular weight is 965 g/mol. The van der Waals surface area contributed by atoms with Gasteiger partial charge in [0, 0.05) is 81.6 Å². The first-order valence-electron chi connectivity index (χ1n) is 23.8. The SMILES string of the molecule is C1CCOC1.CCOC(=O)CCCCn1c(=O)c2c(ncn2C)n(C)c1=O.Cn1cnc2c1c(=O)n(CCCCC1(O)CC1)c(=O)n2C.Cn1cnc2c1c(=O)n(CCCCC1(O)CC1)c(=O)n2C. The van der Waals surface area contributed by atoms with Crippen molar-refractivity contribution in [3.63, 3.8) is 0 Å². The van der Waals surface area contributed by atoms with Crippen molar-refractivity contribution < 1.29 is 24.5 Å². The molecular formula is C46H68N12O11. The standard InChI is InChI=1S/C14H20N4O4.2C14H20N4O3.C4H8O/c1-4-22-10(19)7-5-6-8-18-13(20)11-12(15-9-16(11)2)17(3)14(18)21;2*1-16-9-15-11-10(16)12(19)18(13(20)17(11)2)8-4-3-5-14(21)6-7-14;1-2-4-5-3-1/h9H,4-8H2,1-3H3;2*9,21H,3-8H2,1-2H3;1-4H2. The largest absolute Gasteiger partial charge is 0.466 e. The zero-order valence-electron chi connectivity index (χ0n) is 41.0. The monoisotopic (exact) mass is 965 g/mol. The van der Waals surface area contributed by atoms with Gasteiger partial charge in [-0.05, 0) is 96.8 Å². The van der Waals surface area contributed by atoms with Gasteiger partial charge in [-0.25, -0.2) is 29.3 Å². The maximum absolute atomic E-state index is 12.4. The second-order valence-electron chi connectivity index (χ2n) is 18.4. The summed E-state index contributed by atoms with van der Waals surface area (Å²) in [6.45, 7) is 5.14. The van der Waals surface area contributed by atoms with Crippen molar-refractivity contribution >= 4 is 39.5 Å². The third-order valence-corrected chi connectivity index (χ3v) is 13.0. The first-order chi connectivity index (χ1) is 32.8. The molecule has 0 amide bonds. The van der Waals surface area contributed by atoms with E-state index in [0.717, 1.165) is 64.6 Å². The number of aryl methyl sites for hydroxylation is 6. The van der Waals surface area contributed by atoms with Crippen LogP contribution in [-0.2, 0) is 76.2 Å². The predicted octanol–water partition coefficient (Wildman–Crippen LogP) is 1.22. The van der Waals surface area contributed by atoms with E-state index in [1.54, 1.807) is 75.6 Å². The molecule has 0 radical (unpaired) electrons. The molecule has 2 saturated carbocycles. The highest BCUT2D eigenvalue weighted by molar-refractivity contribution is 5.71. The molecule has 1 saturated heterocycles. The Bertz CT molecular complexity index is 2980. The third-order valence-electron chi connectivity index (χ3n) is 13.0. The summed E-state index contributed by atoms with van der Waals surface area (Å²) >= 11 is 0. The summed E-state index contributed by atoms with van der Waals surface area (Å²) in [6.07, 6.45) is 16.6. The normalized spacial score (nSPS) is 15.3. The topological polar surface area (TPSA) is 261 Å². The number of carbonyl (C=O) groups is 1. The Kier molecular flexibility index (Phi) is 17.0. The fourth-order valence-corrected chi connectivity index (χ4v) is 8.30. The molecule has 23 heteroatoms. The van der Waals surface area contributed by atoms with E-state index in [1.807, 2.05) is 0 Å². The lowest BCUT2D eigenvalue weighted by atomic mass is 10.1. The molecule has 0 unspecified atom stereocenters. The van der Waals surface area contributed by atoms with E-state index in [2.05, 4.69) is 15.0 Å². The molecule has 69 heavy (non-hydrogen) atoms. The molecule has 0 aromatic carbocycles. The summed E-state index contributed by atoms with van der Waals surface area (Å²) in [5.74, 6) is -0.259. The van der Waals surface area contributed by atoms with Crippen molar-refractivity contribution in [1.82, 2.24) is 56.1 Å². The van der Waals surface area contributed by atoms with Gasteiger partial charge >= 0.3 is 23.0 Å². The Morgan fingerprint density at radius 1 is 0.565 bits per heavy atom. The van der Waals surface area contributed by atoms with E-state index in [4.69, 9.17) is 9.47 Å². The summed E-state index contributed by atoms with van der Waals surface area (Å²) in [6, 6.07) is 0. The molecular weight excluding hydrogens is 897 g/mol. The molecule has 7 heterocycles. The maximum atomic E-state index is 12.4. The van der Waals surface area contributed by atoms with Crippen LogP contribution in [0, 0.1) is 0 Å². The van der Waals surface area contributed by atoms with E-state index >= 15 is 0 Å². The zero-order chi connectivity index (χ0) is 50.2. The van der Waals surface area contributed by atoms with Crippen LogP contribution in [-0.4, -0.2) is 103 Å². The summed E-state index contributed by atoms with van der Waals surface area (Å²) in [4.78, 5) is 97.5. The second kappa shape index (κ2) is 22.5. The molecule has 0 bridgehead atoms. The fourth-order valence-electron chi connectivity index (χ4n) is 8.30. The van der Waals surface area contributed by atoms with Gasteiger partial charge in [-0.2, -0.15) is 0 Å². The Balaban J connectivity index is 0.000000161. The van der Waals surface area contributed by atoms with E-state index in [1.165, 1.54) is 46.6 Å². The number of unbranched alkanes of at least 4 members (excludes halogenated alkanes) is 3. The number of imidazole rings is 3. The first-order valence-corrected chi connectivity index (χ1v) is 23.8. The highest BCUT2D eigenvalue weighted by Crippen LogP contribution is 2.40. The second-order valence-corrected chi connectivity index (χ2v) is 18.4. The van der Waals surface area contributed by atoms with Crippen molar-refractivity contribution in [1.29, 1.82) is 0 Å². The molecule has 0 atom stereocenters. The van der Waals surface area contributed by atoms with Crippen molar-refractivity contribution in [2.45, 2.75) is 134 Å². The van der Waals surface area contributed by atoms with Crippen LogP contribution in [0.3, 0.4) is 0 Å². The summed E-state index contributed by atoms with van der Waals surface area (Å²) in [5, 5.41) is 19.6. The van der Waals surface area contributed by atoms with Gasteiger partial charge in [-0.1, -0.05) is 0 Å². The molecule has 6 aromatic rings. The third kappa shape index (κ3) is 12.3. The Hall–Kier alpha value is -6.20. The van der Waals surface area contributed by atoms with Crippen LogP contribution in [0.5, 0.6) is 0 Å². The lowest BCUT2D eigenvalue weighted by Crippen LogP contribution is -2.39. The number of aromatic nitrogens is 12. The van der Waals surface area contributed by atoms with Crippen molar-refractivity contribution in [2.24, 2.45) is 42.3 Å². The average Bonchev–Trinajstić information content (AvgIpc) is 3.80. The summed E-state index contributed by atoms with van der Waals surface area (Å²) < 4.78 is 22.6. The minimum Gasteiger partial charge on any atom is -0.466 e. The van der Waals surface area contributed by atoms with Crippen LogP contribution in [0.4, 0.5) is 0 Å². The number of hydrogen-bond donors (Lipinski definition) is 2. The van der Waals surface area contributed by atoms with Crippen LogP contribution >= 0.6 is 0 Å². The van der Waals surface area contributed by atoms with Crippen LogP contribution in [0.15, 0.2) is 47.7 Å². The number of rotatable bonds is 16. The lowest BCUT2D eigenvalue weighted by molar-refractivity contribution is -0.143. The number of carbonyl (C=O) groups excluding carboxylic acids is 1. The van der Waals surface area contributed by atoms with Gasteiger partial charge in [0.25, 0.3) is 16.7 Å². The molecule has 6 aromatic heterocycles. The van der Waals surface area contributed by atoms with Gasteiger partial charge in [0.05, 0.1) is 36.8 Å². The Labute approximate surface area is 396 Å². The van der Waals surface area contributed by atoms with E-state index in [0.29, 0.717) is 78.9 Å². The van der Waals surface area contributed by atoms with Crippen molar-refractivity contribution in [3.05, 3.63) is 81.5 Å². The molecule has 9 rings (SSSR count). The minimum atomic E-state index is -0.470. The predicted molar refractivity (Wildman–Crippen MR) is 257 cm³/mol. The maximum Gasteiger partial charge on any atom is 0.332 e. The number of hydrogen-bond acceptors (Lipinski definition) is 14. The van der Waals surface area contributed by atoms with Gasteiger partial charge in [-0.15, -0.1) is 0 Å². The van der Waals surface area contributed by atoms with Gasteiger partial charge < -0.3 is 33.4 Å². The lowest BCUT2D eigenvalue weighted by Gasteiger charge is -2.10. The van der Waals surface area contributed by atoms with Crippen molar-refractivity contribution in [2.75, 3.05) is 19.8 Å². The molecule has 3 aliphatic rings. The molecule has 378 valence electrons. The molecule has 0 spiro atoms. The molecule has 3 fully saturated rings. The van der Waals surface area contributed by atoms with Gasteiger partial charge in [0.15, 0.2) is 33.5 Å². The molecule has 1 aliphatic heterocycles. The molecule has 2 aliphatic carbocycles. The number of nitrogens with zero attached hydrogens (tertiary/aromatic N) is 12. The van der Waals surface area contributed by atoms with Crippen LogP contribution < -0.4 is 33.7 Å². The van der Waals surface area contributed by atoms with Gasteiger partial charge in [0.2, 0.25) is 0 Å². The van der Waals surface area contributed by atoms with Crippen LogP contribution in [0.1, 0.15) is 103 Å². The molecule has 23 nitrogen and oxygen atoms in total. The fraction of sp³-hybridized carbons (Fsp3) is 0.652. The number of esters is 1. The number of aliphatic hydroxyl groups is 2. The van der Waals surface area contributed by atoms with E-state index in [9.17, 15) is 43.8 Å². The van der Waals surface area contributed by atoms with Crippen LogP contribution in [0.25, 0.3) is 33.5 Å². The molecule has 2 N–H and O–H groups in total. The van der Waals surface area contributed by atoms with E-state index < -0.39 is 16.9 Å². The van der Waals surface area contributed by atoms with Gasteiger partial charge in [0.1, 0.15) is 0 Å².